The van der Waals surface area contributed by atoms with Crippen LogP contribution in [0.4, 0.5) is 0 Å². The van der Waals surface area contributed by atoms with E-state index < -0.39 is 29.3 Å². The molecule has 0 N–H and O–H groups in total. The average Bonchev–Trinajstić information content (AvgIpc) is 2.46. The zero-order valence-corrected chi connectivity index (χ0v) is 14.9. The van der Waals surface area contributed by atoms with Crippen LogP contribution >= 0.6 is 0 Å². The van der Waals surface area contributed by atoms with Crippen molar-refractivity contribution >= 4 is 18.2 Å². The minimum Gasteiger partial charge on any atom is -0.548 e. The number of allylic oxidation sites excluding steroid dienone is 2. The van der Waals surface area contributed by atoms with Gasteiger partial charge in [0.1, 0.15) is 0 Å². The molecule has 0 heterocycles. The standard InChI is InChI=1S/C16H21NO3SSi/c1-22(2,3)20-14-10-9-13(12-17)16(11-14)21(18,19)15-7-5-4-6-8-15/h4-8,10,13,16H,9,11H2,1-3H3/t13-,16+/m1/s1. The molecule has 0 radical (unpaired) electrons. The Bertz CT molecular complexity index is 699. The van der Waals surface area contributed by atoms with E-state index in [4.69, 9.17) is 4.43 Å². The lowest BCUT2D eigenvalue weighted by atomic mass is 9.94. The Hall–Kier alpha value is -1.58. The van der Waals surface area contributed by atoms with Crippen molar-refractivity contribution in [3.05, 3.63) is 42.2 Å². The van der Waals surface area contributed by atoms with E-state index in [1.807, 2.05) is 6.08 Å². The predicted molar refractivity (Wildman–Crippen MR) is 88.3 cm³/mol. The molecule has 2 atom stereocenters. The van der Waals surface area contributed by atoms with Gasteiger partial charge in [0, 0.05) is 6.42 Å². The lowest BCUT2D eigenvalue weighted by molar-refractivity contribution is 0.364. The van der Waals surface area contributed by atoms with Gasteiger partial charge in [0.15, 0.2) is 9.84 Å². The molecule has 2 rings (SSSR count). The molecule has 1 aliphatic rings. The van der Waals surface area contributed by atoms with Gasteiger partial charge in [-0.25, -0.2) is 8.42 Å². The number of sulfone groups is 1. The summed E-state index contributed by atoms with van der Waals surface area (Å²) in [7, 11) is -5.33. The molecule has 0 amide bonds. The van der Waals surface area contributed by atoms with Crippen LogP contribution in [0.1, 0.15) is 12.8 Å². The fourth-order valence-electron chi connectivity index (χ4n) is 2.56. The molecule has 1 aliphatic carbocycles. The van der Waals surface area contributed by atoms with Crippen LogP contribution in [0.5, 0.6) is 0 Å². The molecule has 0 fully saturated rings. The molecule has 0 spiro atoms. The van der Waals surface area contributed by atoms with Crippen LogP contribution in [-0.2, 0) is 14.3 Å². The lowest BCUT2D eigenvalue weighted by Gasteiger charge is -2.30. The maximum atomic E-state index is 12.8. The van der Waals surface area contributed by atoms with Crippen molar-refractivity contribution < 1.29 is 12.8 Å². The van der Waals surface area contributed by atoms with Crippen LogP contribution in [0.15, 0.2) is 47.1 Å². The summed E-state index contributed by atoms with van der Waals surface area (Å²) in [6, 6.07) is 10.5. The third-order valence-corrected chi connectivity index (χ3v) is 6.62. The van der Waals surface area contributed by atoms with Crippen LogP contribution in [0.2, 0.25) is 19.6 Å². The van der Waals surface area contributed by atoms with E-state index >= 15 is 0 Å². The third kappa shape index (κ3) is 3.79. The van der Waals surface area contributed by atoms with Gasteiger partial charge in [-0.15, -0.1) is 0 Å². The summed E-state index contributed by atoms with van der Waals surface area (Å²) in [5.74, 6) is 0.189. The summed E-state index contributed by atoms with van der Waals surface area (Å²) in [6.07, 6.45) is 2.58. The largest absolute Gasteiger partial charge is 0.548 e. The van der Waals surface area contributed by atoms with Crippen molar-refractivity contribution in [3.8, 4) is 6.07 Å². The molecule has 1 aromatic rings. The minimum atomic E-state index is -3.54. The number of nitrogens with zero attached hydrogens (tertiary/aromatic N) is 1. The number of rotatable bonds is 4. The topological polar surface area (TPSA) is 67.2 Å². The summed E-state index contributed by atoms with van der Waals surface area (Å²) in [6.45, 7) is 6.18. The first-order valence-corrected chi connectivity index (χ1v) is 12.3. The summed E-state index contributed by atoms with van der Waals surface area (Å²) < 4.78 is 31.6. The Kier molecular flexibility index (Phi) is 4.78. The highest BCUT2D eigenvalue weighted by Crippen LogP contribution is 2.34. The fourth-order valence-corrected chi connectivity index (χ4v) is 5.38. The van der Waals surface area contributed by atoms with E-state index in [9.17, 15) is 13.7 Å². The first-order valence-electron chi connectivity index (χ1n) is 7.30. The molecule has 0 bridgehead atoms. The number of hydrogen-bond acceptors (Lipinski definition) is 4. The van der Waals surface area contributed by atoms with Crippen molar-refractivity contribution in [1.29, 1.82) is 5.26 Å². The summed E-state index contributed by atoms with van der Waals surface area (Å²) >= 11 is 0. The van der Waals surface area contributed by atoms with Gasteiger partial charge >= 0.3 is 0 Å². The zero-order chi connectivity index (χ0) is 16.4. The van der Waals surface area contributed by atoms with Crippen LogP contribution in [0, 0.1) is 17.2 Å². The first-order chi connectivity index (χ1) is 10.2. The number of hydrogen-bond donors (Lipinski definition) is 0. The average molecular weight is 336 g/mol. The van der Waals surface area contributed by atoms with E-state index in [1.165, 1.54) is 0 Å². The first kappa shape index (κ1) is 16.8. The van der Waals surface area contributed by atoms with E-state index in [-0.39, 0.29) is 11.3 Å². The third-order valence-electron chi connectivity index (χ3n) is 3.52. The highest BCUT2D eigenvalue weighted by atomic mass is 32.2. The van der Waals surface area contributed by atoms with Gasteiger partial charge < -0.3 is 4.43 Å². The summed E-state index contributed by atoms with van der Waals surface area (Å²) in [5, 5.41) is 8.58. The van der Waals surface area contributed by atoms with Gasteiger partial charge in [0.25, 0.3) is 0 Å². The van der Waals surface area contributed by atoms with E-state index in [0.717, 1.165) is 5.76 Å². The zero-order valence-electron chi connectivity index (χ0n) is 13.1. The normalized spacial score (nSPS) is 22.5. The van der Waals surface area contributed by atoms with E-state index in [0.29, 0.717) is 6.42 Å². The predicted octanol–water partition coefficient (Wildman–Crippen LogP) is 3.50. The second kappa shape index (κ2) is 6.27. The molecule has 0 aromatic heterocycles. The summed E-state index contributed by atoms with van der Waals surface area (Å²) in [4.78, 5) is 0.273. The molecule has 4 nitrogen and oxygen atoms in total. The molecule has 118 valence electrons. The van der Waals surface area contributed by atoms with Gasteiger partial charge in [-0.1, -0.05) is 18.2 Å². The van der Waals surface area contributed by atoms with Crippen LogP contribution in [0.3, 0.4) is 0 Å². The second-order valence-corrected chi connectivity index (χ2v) is 13.1. The smallest absolute Gasteiger partial charge is 0.241 e. The molecule has 0 aliphatic heterocycles. The van der Waals surface area contributed by atoms with Crippen LogP contribution < -0.4 is 0 Å². The van der Waals surface area contributed by atoms with Crippen molar-refractivity contribution in [2.45, 2.75) is 42.6 Å². The van der Waals surface area contributed by atoms with Crippen molar-refractivity contribution in [2.75, 3.05) is 0 Å². The van der Waals surface area contributed by atoms with Gasteiger partial charge in [-0.05, 0) is 44.3 Å². The van der Waals surface area contributed by atoms with Crippen molar-refractivity contribution in [1.82, 2.24) is 0 Å². The number of benzene rings is 1. The van der Waals surface area contributed by atoms with Gasteiger partial charge in [0.2, 0.25) is 8.32 Å². The lowest BCUT2D eigenvalue weighted by Crippen LogP contribution is -2.35. The fraction of sp³-hybridized carbons (Fsp3) is 0.438. The highest BCUT2D eigenvalue weighted by Gasteiger charge is 2.38. The van der Waals surface area contributed by atoms with Gasteiger partial charge in [-0.2, -0.15) is 5.26 Å². The van der Waals surface area contributed by atoms with Crippen LogP contribution in [0.25, 0.3) is 0 Å². The Morgan fingerprint density at radius 1 is 1.23 bits per heavy atom. The quantitative estimate of drug-likeness (QED) is 0.790. The van der Waals surface area contributed by atoms with Crippen molar-refractivity contribution in [2.24, 2.45) is 5.92 Å². The number of nitriles is 1. The van der Waals surface area contributed by atoms with Crippen LogP contribution in [-0.4, -0.2) is 22.0 Å². The monoisotopic (exact) mass is 335 g/mol. The van der Waals surface area contributed by atoms with Gasteiger partial charge in [0.05, 0.1) is 27.9 Å². The Morgan fingerprint density at radius 2 is 1.86 bits per heavy atom. The molecule has 6 heteroatoms. The molecule has 1 aromatic carbocycles. The van der Waals surface area contributed by atoms with Gasteiger partial charge in [-0.3, -0.25) is 0 Å². The van der Waals surface area contributed by atoms with Crippen molar-refractivity contribution in [3.63, 3.8) is 0 Å². The summed E-state index contributed by atoms with van der Waals surface area (Å²) in [5.41, 5.74) is 0. The van der Waals surface area contributed by atoms with E-state index in [2.05, 4.69) is 25.7 Å². The highest BCUT2D eigenvalue weighted by molar-refractivity contribution is 7.92. The van der Waals surface area contributed by atoms with E-state index in [1.54, 1.807) is 30.3 Å². The SMILES string of the molecule is C[Si](C)(C)OC1=CC[C@H](C#N)[C@@H](S(=O)(=O)c2ccccc2)C1. The maximum absolute atomic E-state index is 12.8. The second-order valence-electron chi connectivity index (χ2n) is 6.46. The Labute approximate surface area is 133 Å². The molecule has 22 heavy (non-hydrogen) atoms. The molecule has 0 saturated heterocycles. The maximum Gasteiger partial charge on any atom is 0.241 e. The Balaban J connectivity index is 2.33. The molecular weight excluding hydrogens is 314 g/mol. The molecule has 0 saturated carbocycles. The Morgan fingerprint density at radius 3 is 2.41 bits per heavy atom. The minimum absolute atomic E-state index is 0.273. The molecule has 0 unspecified atom stereocenters. The molecular formula is C16H21NO3SSi.